The normalized spacial score (nSPS) is 28.2. The maximum Gasteiger partial charge on any atom is 0.150 e. The van der Waals surface area contributed by atoms with Crippen LogP contribution in [0.1, 0.15) is 30.0 Å². The number of hydrogen-bond acceptors (Lipinski definition) is 3. The van der Waals surface area contributed by atoms with Crippen LogP contribution in [-0.2, 0) is 4.74 Å². The average Bonchev–Trinajstić information content (AvgIpc) is 2.96. The van der Waals surface area contributed by atoms with E-state index in [2.05, 4.69) is 48.2 Å². The Morgan fingerprint density at radius 1 is 1.14 bits per heavy atom. The Kier molecular flexibility index (Phi) is 2.43. The molecule has 2 aromatic carbocycles. The van der Waals surface area contributed by atoms with Crippen LogP contribution in [0.25, 0.3) is 0 Å². The molecule has 3 heteroatoms. The Balaban J connectivity index is 1.72. The van der Waals surface area contributed by atoms with E-state index in [0.717, 1.165) is 37.5 Å². The summed E-state index contributed by atoms with van der Waals surface area (Å²) >= 11 is 0. The van der Waals surface area contributed by atoms with Crippen molar-refractivity contribution in [3.63, 3.8) is 0 Å². The van der Waals surface area contributed by atoms with Crippen molar-refractivity contribution >= 4 is 5.69 Å². The van der Waals surface area contributed by atoms with E-state index in [1.165, 1.54) is 16.8 Å². The molecule has 3 nitrogen and oxygen atoms in total. The van der Waals surface area contributed by atoms with Gasteiger partial charge in [-0.1, -0.05) is 24.3 Å². The van der Waals surface area contributed by atoms with E-state index in [0.29, 0.717) is 0 Å². The van der Waals surface area contributed by atoms with E-state index in [1.807, 2.05) is 6.07 Å². The Bertz CT molecular complexity index is 749. The molecule has 0 bridgehead atoms. The number of ether oxygens (including phenoxy) is 2. The van der Waals surface area contributed by atoms with Crippen molar-refractivity contribution in [1.29, 1.82) is 0 Å². The van der Waals surface area contributed by atoms with Gasteiger partial charge in [0.2, 0.25) is 0 Å². The van der Waals surface area contributed by atoms with E-state index in [1.54, 1.807) is 0 Å². The van der Waals surface area contributed by atoms with Crippen LogP contribution in [-0.4, -0.2) is 18.8 Å². The molecule has 0 N–H and O–H groups in total. The second kappa shape index (κ2) is 4.26. The van der Waals surface area contributed by atoms with Crippen molar-refractivity contribution in [1.82, 2.24) is 0 Å². The summed E-state index contributed by atoms with van der Waals surface area (Å²) in [6, 6.07) is 15.2. The van der Waals surface area contributed by atoms with Crippen LogP contribution < -0.4 is 9.64 Å². The lowest BCUT2D eigenvalue weighted by Crippen LogP contribution is -2.63. The molecule has 3 heterocycles. The SMILES string of the molecule is Cc1ccc2c(c1)Oc1ccccc1N1C[C@@]3(CCCO3)[C@H]21. The van der Waals surface area contributed by atoms with Crippen LogP contribution >= 0.6 is 0 Å². The monoisotopic (exact) mass is 293 g/mol. The van der Waals surface area contributed by atoms with E-state index >= 15 is 0 Å². The van der Waals surface area contributed by atoms with Crippen molar-refractivity contribution in [3.8, 4) is 11.5 Å². The molecule has 2 saturated heterocycles. The van der Waals surface area contributed by atoms with Gasteiger partial charge in [0.1, 0.15) is 11.4 Å². The largest absolute Gasteiger partial charge is 0.455 e. The topological polar surface area (TPSA) is 21.7 Å². The Hall–Kier alpha value is -2.00. The van der Waals surface area contributed by atoms with E-state index in [9.17, 15) is 0 Å². The number of hydrogen-bond donors (Lipinski definition) is 0. The first-order valence-corrected chi connectivity index (χ1v) is 8.05. The quantitative estimate of drug-likeness (QED) is 0.726. The third-order valence-electron chi connectivity index (χ3n) is 5.24. The highest BCUT2D eigenvalue weighted by molar-refractivity contribution is 5.68. The van der Waals surface area contributed by atoms with Gasteiger partial charge in [0.05, 0.1) is 18.3 Å². The predicted octanol–water partition coefficient (Wildman–Crippen LogP) is 4.21. The molecule has 3 aliphatic heterocycles. The molecule has 0 unspecified atom stereocenters. The van der Waals surface area contributed by atoms with Gasteiger partial charge < -0.3 is 14.4 Å². The van der Waals surface area contributed by atoms with Crippen LogP contribution in [0.4, 0.5) is 5.69 Å². The summed E-state index contributed by atoms with van der Waals surface area (Å²) in [5, 5.41) is 0. The lowest BCUT2D eigenvalue weighted by atomic mass is 9.76. The van der Waals surface area contributed by atoms with Crippen molar-refractivity contribution in [2.45, 2.75) is 31.4 Å². The summed E-state index contributed by atoms with van der Waals surface area (Å²) in [5.74, 6) is 1.93. The average molecular weight is 293 g/mol. The molecule has 2 atom stereocenters. The molecule has 0 radical (unpaired) electrons. The van der Waals surface area contributed by atoms with Crippen molar-refractivity contribution < 1.29 is 9.47 Å². The van der Waals surface area contributed by atoms with Gasteiger partial charge in [-0.05, 0) is 43.5 Å². The third kappa shape index (κ3) is 1.55. The summed E-state index contributed by atoms with van der Waals surface area (Å²) in [7, 11) is 0. The first kappa shape index (κ1) is 12.5. The minimum Gasteiger partial charge on any atom is -0.455 e. The van der Waals surface area contributed by atoms with Gasteiger partial charge in [-0.15, -0.1) is 0 Å². The van der Waals surface area contributed by atoms with Crippen molar-refractivity contribution in [2.75, 3.05) is 18.1 Å². The zero-order valence-electron chi connectivity index (χ0n) is 12.7. The summed E-state index contributed by atoms with van der Waals surface area (Å²) in [5.41, 5.74) is 3.65. The highest BCUT2D eigenvalue weighted by Gasteiger charge is 2.58. The molecule has 0 aliphatic carbocycles. The Morgan fingerprint density at radius 2 is 2.05 bits per heavy atom. The number of para-hydroxylation sites is 2. The maximum atomic E-state index is 6.27. The van der Waals surface area contributed by atoms with Gasteiger partial charge in [0, 0.05) is 12.2 Å². The van der Waals surface area contributed by atoms with Crippen LogP contribution in [0.3, 0.4) is 0 Å². The van der Waals surface area contributed by atoms with Crippen LogP contribution in [0.15, 0.2) is 42.5 Å². The standard InChI is InChI=1S/C19H19NO2/c1-13-7-8-14-17(11-13)22-16-6-3-2-5-15(16)20-12-19(18(14)20)9-4-10-21-19/h2-3,5-8,11,18H,4,9-10,12H2,1H3/t18-,19-/m0/s1. The Morgan fingerprint density at radius 3 is 2.91 bits per heavy atom. The van der Waals surface area contributed by atoms with Crippen LogP contribution in [0, 0.1) is 6.92 Å². The molecule has 0 amide bonds. The highest BCUT2D eigenvalue weighted by Crippen LogP contribution is 2.57. The fourth-order valence-corrected chi connectivity index (χ4v) is 4.23. The molecule has 0 aromatic heterocycles. The fourth-order valence-electron chi connectivity index (χ4n) is 4.23. The molecule has 22 heavy (non-hydrogen) atoms. The number of nitrogens with zero attached hydrogens (tertiary/aromatic N) is 1. The van der Waals surface area contributed by atoms with E-state index in [4.69, 9.17) is 9.47 Å². The molecule has 5 rings (SSSR count). The molecule has 3 aliphatic rings. The number of benzene rings is 2. The van der Waals surface area contributed by atoms with Gasteiger partial charge in [0.25, 0.3) is 0 Å². The molecular formula is C19H19NO2. The summed E-state index contributed by atoms with van der Waals surface area (Å²) in [6.45, 7) is 3.96. The van der Waals surface area contributed by atoms with Crippen molar-refractivity contribution in [2.24, 2.45) is 0 Å². The summed E-state index contributed by atoms with van der Waals surface area (Å²) in [4.78, 5) is 2.45. The van der Waals surface area contributed by atoms with Crippen LogP contribution in [0.2, 0.25) is 0 Å². The zero-order chi connectivity index (χ0) is 14.7. The van der Waals surface area contributed by atoms with Crippen molar-refractivity contribution in [3.05, 3.63) is 53.6 Å². The van der Waals surface area contributed by atoms with Gasteiger partial charge in [-0.3, -0.25) is 0 Å². The predicted molar refractivity (Wildman–Crippen MR) is 85.7 cm³/mol. The van der Waals surface area contributed by atoms with E-state index in [-0.39, 0.29) is 11.6 Å². The molecule has 2 fully saturated rings. The second-order valence-corrected chi connectivity index (χ2v) is 6.66. The van der Waals surface area contributed by atoms with Gasteiger partial charge in [-0.2, -0.15) is 0 Å². The smallest absolute Gasteiger partial charge is 0.150 e. The summed E-state index contributed by atoms with van der Waals surface area (Å²) < 4.78 is 12.5. The number of rotatable bonds is 0. The van der Waals surface area contributed by atoms with E-state index < -0.39 is 0 Å². The number of anilines is 1. The zero-order valence-corrected chi connectivity index (χ0v) is 12.7. The first-order chi connectivity index (χ1) is 10.8. The first-order valence-electron chi connectivity index (χ1n) is 8.05. The Labute approximate surface area is 130 Å². The van der Waals surface area contributed by atoms with Gasteiger partial charge in [0.15, 0.2) is 5.75 Å². The van der Waals surface area contributed by atoms with Crippen LogP contribution in [0.5, 0.6) is 11.5 Å². The molecule has 2 aromatic rings. The fraction of sp³-hybridized carbons (Fsp3) is 0.368. The number of fused-ring (bicyclic) bond motifs is 6. The lowest BCUT2D eigenvalue weighted by Gasteiger charge is -2.55. The van der Waals surface area contributed by atoms with Gasteiger partial charge in [-0.25, -0.2) is 0 Å². The minimum absolute atomic E-state index is 0.0230. The maximum absolute atomic E-state index is 6.27. The minimum atomic E-state index is -0.0230. The second-order valence-electron chi connectivity index (χ2n) is 6.66. The lowest BCUT2D eigenvalue weighted by molar-refractivity contribution is -0.0564. The van der Waals surface area contributed by atoms with Gasteiger partial charge >= 0.3 is 0 Å². The summed E-state index contributed by atoms with van der Waals surface area (Å²) in [6.07, 6.45) is 2.30. The molecule has 0 saturated carbocycles. The third-order valence-corrected chi connectivity index (χ3v) is 5.24. The molecular weight excluding hydrogens is 274 g/mol. The molecule has 112 valence electrons. The highest BCUT2D eigenvalue weighted by atomic mass is 16.5. The number of aryl methyl sites for hydroxylation is 1. The molecule has 1 spiro atoms.